The Hall–Kier alpha value is -4.17. The predicted octanol–water partition coefficient (Wildman–Crippen LogP) is 5.04. The standard InChI is InChI=1S/C31H37N3O5/c1-7-16-34(29(37)26(19-35)33-30(38)39-31(4,5)6)27(24-13-12-20(2)21(3)17-24)28(36)32-25-15-14-22-10-8-9-11-23(22)18-25/h7-15,17-18,26-27,35H,1,16,19H2,2-6H3,(H,32,36)(H,33,38). The Morgan fingerprint density at radius 2 is 1.69 bits per heavy atom. The predicted molar refractivity (Wildman–Crippen MR) is 153 cm³/mol. The molecule has 3 aromatic carbocycles. The van der Waals surface area contributed by atoms with Crippen molar-refractivity contribution in [1.29, 1.82) is 0 Å². The third-order valence-corrected chi connectivity index (χ3v) is 6.20. The Bertz CT molecular complexity index is 1360. The third kappa shape index (κ3) is 7.67. The second kappa shape index (κ2) is 12.6. The quantitative estimate of drug-likeness (QED) is 0.336. The first kappa shape index (κ1) is 29.4. The number of benzene rings is 3. The molecule has 0 heterocycles. The number of nitrogens with one attached hydrogen (secondary N) is 2. The number of aliphatic hydroxyl groups excluding tert-OH is 1. The first-order valence-corrected chi connectivity index (χ1v) is 12.8. The van der Waals surface area contributed by atoms with E-state index in [-0.39, 0.29) is 6.54 Å². The van der Waals surface area contributed by atoms with E-state index in [4.69, 9.17) is 4.74 Å². The molecule has 0 aromatic heterocycles. The van der Waals surface area contributed by atoms with Crippen molar-refractivity contribution >= 4 is 34.4 Å². The van der Waals surface area contributed by atoms with Gasteiger partial charge in [0.05, 0.1) is 6.61 Å². The van der Waals surface area contributed by atoms with E-state index >= 15 is 0 Å². The van der Waals surface area contributed by atoms with E-state index in [0.717, 1.165) is 21.9 Å². The number of nitrogens with zero attached hydrogens (tertiary/aromatic N) is 1. The zero-order chi connectivity index (χ0) is 28.7. The van der Waals surface area contributed by atoms with Gasteiger partial charge in [-0.1, -0.05) is 54.6 Å². The highest BCUT2D eigenvalue weighted by Gasteiger charge is 2.36. The summed E-state index contributed by atoms with van der Waals surface area (Å²) >= 11 is 0. The van der Waals surface area contributed by atoms with Crippen LogP contribution in [0.1, 0.15) is 43.5 Å². The maximum Gasteiger partial charge on any atom is 0.408 e. The van der Waals surface area contributed by atoms with Crippen LogP contribution in [0.2, 0.25) is 0 Å². The second-order valence-corrected chi connectivity index (χ2v) is 10.5. The van der Waals surface area contributed by atoms with Crippen molar-refractivity contribution < 1.29 is 24.2 Å². The molecule has 0 saturated heterocycles. The number of alkyl carbamates (subject to hydrolysis) is 1. The van der Waals surface area contributed by atoms with E-state index in [1.54, 1.807) is 32.9 Å². The van der Waals surface area contributed by atoms with E-state index < -0.39 is 42.2 Å². The Morgan fingerprint density at radius 3 is 2.31 bits per heavy atom. The summed E-state index contributed by atoms with van der Waals surface area (Å²) in [5, 5.41) is 17.4. The van der Waals surface area contributed by atoms with Gasteiger partial charge in [0.2, 0.25) is 5.91 Å². The van der Waals surface area contributed by atoms with Crippen LogP contribution in [0, 0.1) is 13.8 Å². The summed E-state index contributed by atoms with van der Waals surface area (Å²) in [5.41, 5.74) is 2.35. The van der Waals surface area contributed by atoms with Crippen LogP contribution >= 0.6 is 0 Å². The average Bonchev–Trinajstić information content (AvgIpc) is 2.87. The molecule has 206 valence electrons. The molecule has 0 aliphatic carbocycles. The van der Waals surface area contributed by atoms with Crippen LogP contribution in [0.5, 0.6) is 0 Å². The smallest absolute Gasteiger partial charge is 0.408 e. The summed E-state index contributed by atoms with van der Waals surface area (Å²) in [6.45, 7) is 12.0. The van der Waals surface area contributed by atoms with Gasteiger partial charge in [-0.3, -0.25) is 9.59 Å². The molecule has 0 bridgehead atoms. The zero-order valence-corrected chi connectivity index (χ0v) is 23.2. The molecule has 39 heavy (non-hydrogen) atoms. The van der Waals surface area contributed by atoms with E-state index in [9.17, 15) is 19.5 Å². The summed E-state index contributed by atoms with van der Waals surface area (Å²) in [5.74, 6) is -1.10. The van der Waals surface area contributed by atoms with Crippen molar-refractivity contribution in [2.75, 3.05) is 18.5 Å². The molecular formula is C31H37N3O5. The number of ether oxygens (including phenoxy) is 1. The molecule has 0 radical (unpaired) electrons. The number of carbonyl (C=O) groups is 3. The number of rotatable bonds is 9. The van der Waals surface area contributed by atoms with E-state index in [1.807, 2.05) is 62.4 Å². The fourth-order valence-corrected chi connectivity index (χ4v) is 4.18. The highest BCUT2D eigenvalue weighted by atomic mass is 16.6. The molecule has 8 heteroatoms. The van der Waals surface area contributed by atoms with Crippen LogP contribution in [0.15, 0.2) is 73.3 Å². The maximum atomic E-state index is 13.9. The van der Waals surface area contributed by atoms with Gasteiger partial charge >= 0.3 is 6.09 Å². The minimum Gasteiger partial charge on any atom is -0.444 e. The minimum absolute atomic E-state index is 0.00589. The molecule has 0 saturated carbocycles. The Balaban J connectivity index is 1.99. The van der Waals surface area contributed by atoms with Crippen molar-refractivity contribution in [3.8, 4) is 0 Å². The third-order valence-electron chi connectivity index (χ3n) is 6.20. The monoisotopic (exact) mass is 531 g/mol. The minimum atomic E-state index is -1.33. The van der Waals surface area contributed by atoms with Crippen molar-refractivity contribution in [3.05, 3.63) is 90.0 Å². The van der Waals surface area contributed by atoms with Gasteiger partial charge in [-0.2, -0.15) is 0 Å². The van der Waals surface area contributed by atoms with Crippen molar-refractivity contribution in [3.63, 3.8) is 0 Å². The van der Waals surface area contributed by atoms with Gasteiger partial charge in [0.15, 0.2) is 0 Å². The van der Waals surface area contributed by atoms with Gasteiger partial charge in [-0.05, 0) is 74.2 Å². The molecule has 2 unspecified atom stereocenters. The number of hydrogen-bond donors (Lipinski definition) is 3. The molecule has 8 nitrogen and oxygen atoms in total. The molecule has 3 amide bonds. The number of amides is 3. The fourth-order valence-electron chi connectivity index (χ4n) is 4.18. The van der Waals surface area contributed by atoms with Crippen LogP contribution in [0.3, 0.4) is 0 Å². The fraction of sp³-hybridized carbons (Fsp3) is 0.323. The van der Waals surface area contributed by atoms with Crippen LogP contribution in [0.25, 0.3) is 10.8 Å². The average molecular weight is 532 g/mol. The lowest BCUT2D eigenvalue weighted by atomic mass is 9.98. The maximum absolute atomic E-state index is 13.9. The van der Waals surface area contributed by atoms with Gasteiger partial charge in [-0.25, -0.2) is 4.79 Å². The number of carbonyl (C=O) groups excluding carboxylic acids is 3. The summed E-state index contributed by atoms with van der Waals surface area (Å²) in [6, 6.07) is 16.5. The summed E-state index contributed by atoms with van der Waals surface area (Å²) in [7, 11) is 0. The van der Waals surface area contributed by atoms with Crippen LogP contribution in [-0.4, -0.2) is 52.7 Å². The van der Waals surface area contributed by atoms with Gasteiger partial charge in [0, 0.05) is 12.2 Å². The molecule has 3 aromatic rings. The second-order valence-electron chi connectivity index (χ2n) is 10.5. The molecular weight excluding hydrogens is 494 g/mol. The van der Waals surface area contributed by atoms with Crippen LogP contribution in [0.4, 0.5) is 10.5 Å². The van der Waals surface area contributed by atoms with Gasteiger partial charge in [-0.15, -0.1) is 6.58 Å². The number of aliphatic hydroxyl groups is 1. The summed E-state index contributed by atoms with van der Waals surface area (Å²) < 4.78 is 5.26. The van der Waals surface area contributed by atoms with Crippen LogP contribution < -0.4 is 10.6 Å². The lowest BCUT2D eigenvalue weighted by Crippen LogP contribution is -2.53. The summed E-state index contributed by atoms with van der Waals surface area (Å²) in [4.78, 5) is 41.3. The van der Waals surface area contributed by atoms with Crippen molar-refractivity contribution in [1.82, 2.24) is 10.2 Å². The number of anilines is 1. The SMILES string of the molecule is C=CCN(C(=O)C(CO)NC(=O)OC(C)(C)C)C(C(=O)Nc1ccc2ccccc2c1)c1ccc(C)c(C)c1. The van der Waals surface area contributed by atoms with E-state index in [1.165, 1.54) is 11.0 Å². The first-order chi connectivity index (χ1) is 18.4. The van der Waals surface area contributed by atoms with Crippen molar-refractivity contribution in [2.45, 2.75) is 52.3 Å². The Morgan fingerprint density at radius 1 is 1.00 bits per heavy atom. The highest BCUT2D eigenvalue weighted by Crippen LogP contribution is 2.27. The van der Waals surface area contributed by atoms with Gasteiger partial charge in [0.25, 0.3) is 5.91 Å². The lowest BCUT2D eigenvalue weighted by molar-refractivity contribution is -0.140. The summed E-state index contributed by atoms with van der Waals surface area (Å²) in [6.07, 6.45) is 0.647. The van der Waals surface area contributed by atoms with E-state index in [0.29, 0.717) is 11.3 Å². The molecule has 3 N–H and O–H groups in total. The molecule has 3 rings (SSSR count). The first-order valence-electron chi connectivity index (χ1n) is 12.8. The Labute approximate surface area is 229 Å². The zero-order valence-electron chi connectivity index (χ0n) is 23.2. The van der Waals surface area contributed by atoms with Gasteiger partial charge in [0.1, 0.15) is 17.7 Å². The molecule has 0 spiro atoms. The number of aryl methyl sites for hydroxylation is 2. The lowest BCUT2D eigenvalue weighted by Gasteiger charge is -2.33. The number of fused-ring (bicyclic) bond motifs is 1. The van der Waals surface area contributed by atoms with Crippen LogP contribution in [-0.2, 0) is 14.3 Å². The molecule has 0 aliphatic rings. The normalized spacial score (nSPS) is 12.8. The highest BCUT2D eigenvalue weighted by molar-refractivity contribution is 6.00. The van der Waals surface area contributed by atoms with Gasteiger partial charge < -0.3 is 25.4 Å². The molecule has 0 aliphatic heterocycles. The Kier molecular flexibility index (Phi) is 9.48. The molecule has 2 atom stereocenters. The van der Waals surface area contributed by atoms with Crippen molar-refractivity contribution in [2.24, 2.45) is 0 Å². The topological polar surface area (TPSA) is 108 Å². The largest absolute Gasteiger partial charge is 0.444 e. The number of hydrogen-bond acceptors (Lipinski definition) is 5. The van der Waals surface area contributed by atoms with E-state index in [2.05, 4.69) is 17.2 Å². The molecule has 0 fully saturated rings.